The van der Waals surface area contributed by atoms with Crippen LogP contribution in [-0.2, 0) is 0 Å². The fraction of sp³-hybridized carbons (Fsp3) is 0.450. The van der Waals surface area contributed by atoms with Gasteiger partial charge in [-0.05, 0) is 44.0 Å². The third kappa shape index (κ3) is 4.44. The molecule has 8 nitrogen and oxygen atoms in total. The van der Waals surface area contributed by atoms with Crippen molar-refractivity contribution in [2.45, 2.75) is 51.1 Å². The van der Waals surface area contributed by atoms with Crippen molar-refractivity contribution in [1.29, 1.82) is 0 Å². The van der Waals surface area contributed by atoms with Crippen LogP contribution in [0.25, 0.3) is 11.3 Å². The molecule has 1 aromatic heterocycles. The first-order valence-electron chi connectivity index (χ1n) is 9.44. The summed E-state index contributed by atoms with van der Waals surface area (Å²) in [5.74, 6) is -0.842. The molecule has 1 heterocycles. The molecule has 1 unspecified atom stereocenters. The Hall–Kier alpha value is -3.03. The summed E-state index contributed by atoms with van der Waals surface area (Å²) in [6.45, 7) is 1.71. The third-order valence-electron chi connectivity index (χ3n) is 5.01. The number of methoxy groups -OCH3 is 1. The van der Waals surface area contributed by atoms with Gasteiger partial charge in [0.2, 0.25) is 5.76 Å². The molecule has 8 heteroatoms. The largest absolute Gasteiger partial charge is 0.497 e. The van der Waals surface area contributed by atoms with Crippen LogP contribution in [0.1, 0.15) is 61.2 Å². The van der Waals surface area contributed by atoms with Crippen molar-refractivity contribution in [3.05, 3.63) is 35.6 Å². The topological polar surface area (TPSA) is 114 Å². The molecule has 0 bridgehead atoms. The van der Waals surface area contributed by atoms with Gasteiger partial charge in [0.15, 0.2) is 0 Å². The SMILES string of the molecule is COc1ccc(-c2noc(C(=O)O)c2C(C)NC(=O)NC2CCCCC2)cc1. The second-order valence-corrected chi connectivity index (χ2v) is 6.98. The van der Waals surface area contributed by atoms with E-state index < -0.39 is 12.0 Å². The normalized spacial score (nSPS) is 15.6. The number of amides is 2. The van der Waals surface area contributed by atoms with Crippen LogP contribution in [-0.4, -0.2) is 35.4 Å². The monoisotopic (exact) mass is 387 g/mol. The molecule has 2 amide bonds. The fourth-order valence-electron chi connectivity index (χ4n) is 3.55. The summed E-state index contributed by atoms with van der Waals surface area (Å²) in [7, 11) is 1.57. The Morgan fingerprint density at radius 2 is 1.89 bits per heavy atom. The second kappa shape index (κ2) is 8.77. The van der Waals surface area contributed by atoms with Crippen LogP contribution >= 0.6 is 0 Å². The Kier molecular flexibility index (Phi) is 6.18. The van der Waals surface area contributed by atoms with Gasteiger partial charge in [-0.3, -0.25) is 0 Å². The molecule has 2 aromatic rings. The molecule has 0 radical (unpaired) electrons. The number of hydrogen-bond acceptors (Lipinski definition) is 5. The summed E-state index contributed by atoms with van der Waals surface area (Å²) in [4.78, 5) is 24.0. The molecule has 0 spiro atoms. The summed E-state index contributed by atoms with van der Waals surface area (Å²) < 4.78 is 10.2. The van der Waals surface area contributed by atoms with E-state index in [-0.39, 0.29) is 17.8 Å². The van der Waals surface area contributed by atoms with Gasteiger partial charge in [0.1, 0.15) is 11.4 Å². The van der Waals surface area contributed by atoms with Gasteiger partial charge in [0.25, 0.3) is 0 Å². The van der Waals surface area contributed by atoms with Crippen molar-refractivity contribution >= 4 is 12.0 Å². The zero-order valence-electron chi connectivity index (χ0n) is 16.0. The van der Waals surface area contributed by atoms with Gasteiger partial charge in [0.05, 0.1) is 18.7 Å². The number of ether oxygens (including phenoxy) is 1. The maximum absolute atomic E-state index is 12.4. The summed E-state index contributed by atoms with van der Waals surface area (Å²) in [5.41, 5.74) is 1.38. The molecule has 3 rings (SSSR count). The molecular weight excluding hydrogens is 362 g/mol. The predicted octanol–water partition coefficient (Wildman–Crippen LogP) is 3.74. The highest BCUT2D eigenvalue weighted by Crippen LogP contribution is 2.31. The molecule has 1 saturated carbocycles. The summed E-state index contributed by atoms with van der Waals surface area (Å²) in [5, 5.41) is 19.2. The Balaban J connectivity index is 1.80. The van der Waals surface area contributed by atoms with Gasteiger partial charge >= 0.3 is 12.0 Å². The number of carbonyl (C=O) groups excluding carboxylic acids is 1. The zero-order chi connectivity index (χ0) is 20.1. The molecule has 0 aliphatic heterocycles. The lowest BCUT2D eigenvalue weighted by atomic mass is 9.96. The number of carboxylic acids is 1. The van der Waals surface area contributed by atoms with Crippen molar-refractivity contribution in [3.8, 4) is 17.0 Å². The number of hydrogen-bond donors (Lipinski definition) is 3. The van der Waals surface area contributed by atoms with Crippen LogP contribution in [0.3, 0.4) is 0 Å². The van der Waals surface area contributed by atoms with Crippen molar-refractivity contribution in [2.75, 3.05) is 7.11 Å². The zero-order valence-corrected chi connectivity index (χ0v) is 16.0. The summed E-state index contributed by atoms with van der Waals surface area (Å²) in [6.07, 6.45) is 5.34. The number of rotatable bonds is 6. The number of aromatic nitrogens is 1. The minimum Gasteiger partial charge on any atom is -0.497 e. The molecular formula is C20H25N3O5. The molecule has 1 aromatic carbocycles. The van der Waals surface area contributed by atoms with E-state index in [4.69, 9.17) is 9.26 Å². The van der Waals surface area contributed by atoms with E-state index in [1.54, 1.807) is 38.3 Å². The lowest BCUT2D eigenvalue weighted by Gasteiger charge is -2.24. The first kappa shape index (κ1) is 19.7. The Morgan fingerprint density at radius 1 is 1.21 bits per heavy atom. The first-order valence-corrected chi connectivity index (χ1v) is 9.44. The van der Waals surface area contributed by atoms with Gasteiger partial charge in [-0.2, -0.15) is 0 Å². The quantitative estimate of drug-likeness (QED) is 0.696. The van der Waals surface area contributed by atoms with E-state index in [2.05, 4.69) is 15.8 Å². The fourth-order valence-corrected chi connectivity index (χ4v) is 3.55. The molecule has 150 valence electrons. The third-order valence-corrected chi connectivity index (χ3v) is 5.01. The summed E-state index contributed by atoms with van der Waals surface area (Å²) >= 11 is 0. The highest BCUT2D eigenvalue weighted by Gasteiger charge is 2.28. The summed E-state index contributed by atoms with van der Waals surface area (Å²) in [6, 6.07) is 6.27. The number of nitrogens with zero attached hydrogens (tertiary/aromatic N) is 1. The number of carboxylic acid groups (broad SMARTS) is 1. The Labute approximate surface area is 163 Å². The molecule has 1 atom stereocenters. The van der Waals surface area contributed by atoms with Crippen LogP contribution in [0.5, 0.6) is 5.75 Å². The number of urea groups is 1. The minimum atomic E-state index is -1.23. The maximum atomic E-state index is 12.4. The minimum absolute atomic E-state index is 0.156. The smallest absolute Gasteiger partial charge is 0.375 e. The Bertz CT molecular complexity index is 825. The van der Waals surface area contributed by atoms with Crippen LogP contribution in [0.2, 0.25) is 0 Å². The van der Waals surface area contributed by atoms with Gasteiger partial charge in [-0.15, -0.1) is 0 Å². The number of benzene rings is 1. The molecule has 0 saturated heterocycles. The van der Waals surface area contributed by atoms with Crippen molar-refractivity contribution in [2.24, 2.45) is 0 Å². The number of nitrogens with one attached hydrogen (secondary N) is 2. The van der Waals surface area contributed by atoms with E-state index in [1.165, 1.54) is 6.42 Å². The molecule has 28 heavy (non-hydrogen) atoms. The van der Waals surface area contributed by atoms with Crippen molar-refractivity contribution in [3.63, 3.8) is 0 Å². The van der Waals surface area contributed by atoms with E-state index in [0.717, 1.165) is 25.7 Å². The van der Waals surface area contributed by atoms with Crippen LogP contribution in [0.15, 0.2) is 28.8 Å². The predicted molar refractivity (Wildman–Crippen MR) is 102 cm³/mol. The molecule has 1 aliphatic rings. The van der Waals surface area contributed by atoms with Crippen molar-refractivity contribution < 1.29 is 24.0 Å². The highest BCUT2D eigenvalue weighted by molar-refractivity contribution is 5.89. The number of carbonyl (C=O) groups is 2. The van der Waals surface area contributed by atoms with Gasteiger partial charge in [0, 0.05) is 11.6 Å². The molecule has 1 fully saturated rings. The van der Waals surface area contributed by atoms with Crippen LogP contribution < -0.4 is 15.4 Å². The van der Waals surface area contributed by atoms with E-state index in [0.29, 0.717) is 22.6 Å². The van der Waals surface area contributed by atoms with Gasteiger partial charge < -0.3 is 25.0 Å². The van der Waals surface area contributed by atoms with E-state index in [1.807, 2.05) is 0 Å². The second-order valence-electron chi connectivity index (χ2n) is 6.98. The average molecular weight is 387 g/mol. The average Bonchev–Trinajstić information content (AvgIpc) is 3.14. The highest BCUT2D eigenvalue weighted by atomic mass is 16.5. The van der Waals surface area contributed by atoms with Crippen LogP contribution in [0, 0.1) is 0 Å². The standard InChI is InChI=1S/C20H25N3O5/c1-12(21-20(26)22-14-6-4-3-5-7-14)16-17(23-28-18(16)19(24)25)13-8-10-15(27-2)11-9-13/h8-12,14H,3-7H2,1-2H3,(H,24,25)(H2,21,22,26). The Morgan fingerprint density at radius 3 is 2.50 bits per heavy atom. The number of aromatic carboxylic acids is 1. The van der Waals surface area contributed by atoms with Crippen molar-refractivity contribution in [1.82, 2.24) is 15.8 Å². The van der Waals surface area contributed by atoms with E-state index >= 15 is 0 Å². The first-order chi connectivity index (χ1) is 13.5. The van der Waals surface area contributed by atoms with Crippen LogP contribution in [0.4, 0.5) is 4.79 Å². The maximum Gasteiger partial charge on any atom is 0.375 e. The van der Waals surface area contributed by atoms with Gasteiger partial charge in [-0.1, -0.05) is 24.4 Å². The molecule has 1 aliphatic carbocycles. The lowest BCUT2D eigenvalue weighted by Crippen LogP contribution is -2.43. The lowest BCUT2D eigenvalue weighted by molar-refractivity contribution is 0.0649. The van der Waals surface area contributed by atoms with E-state index in [9.17, 15) is 14.7 Å². The molecule has 3 N–H and O–H groups in total. The van der Waals surface area contributed by atoms with Gasteiger partial charge in [-0.25, -0.2) is 9.59 Å².